The molecule has 1 saturated carbocycles. The highest BCUT2D eigenvalue weighted by molar-refractivity contribution is 5.96. The van der Waals surface area contributed by atoms with Gasteiger partial charge in [-0.15, -0.1) is 0 Å². The number of nitrogens with one attached hydrogen (secondary N) is 1. The topological polar surface area (TPSA) is 55.1 Å². The van der Waals surface area contributed by atoms with Crippen molar-refractivity contribution in [3.05, 3.63) is 23.8 Å². The minimum absolute atomic E-state index is 0.0161. The maximum Gasteiger partial charge on any atom is 0.418 e. The SMILES string of the molecule is CC1(C(=O)Nc2ccc(N)cc2C(F)(F)F)CCCC1. The number of carbonyl (C=O) groups is 1. The lowest BCUT2D eigenvalue weighted by Gasteiger charge is -2.23. The van der Waals surface area contributed by atoms with Crippen LogP contribution in [-0.2, 0) is 11.0 Å². The molecule has 1 aliphatic carbocycles. The molecule has 110 valence electrons. The molecule has 0 saturated heterocycles. The van der Waals surface area contributed by atoms with Crippen molar-refractivity contribution in [2.45, 2.75) is 38.8 Å². The Morgan fingerprint density at radius 2 is 1.90 bits per heavy atom. The van der Waals surface area contributed by atoms with E-state index >= 15 is 0 Å². The van der Waals surface area contributed by atoms with Crippen LogP contribution >= 0.6 is 0 Å². The fourth-order valence-electron chi connectivity index (χ4n) is 2.56. The lowest BCUT2D eigenvalue weighted by molar-refractivity contribution is -0.137. The van der Waals surface area contributed by atoms with Gasteiger partial charge in [0.1, 0.15) is 0 Å². The van der Waals surface area contributed by atoms with Crippen LogP contribution in [0.4, 0.5) is 24.5 Å². The number of alkyl halides is 3. The average Bonchev–Trinajstić information content (AvgIpc) is 2.78. The third-order valence-electron chi connectivity index (χ3n) is 3.85. The monoisotopic (exact) mass is 286 g/mol. The van der Waals surface area contributed by atoms with Crippen LogP contribution in [0.1, 0.15) is 38.2 Å². The normalized spacial score (nSPS) is 18.0. The number of nitrogen functional groups attached to an aromatic ring is 1. The van der Waals surface area contributed by atoms with Gasteiger partial charge in [-0.05, 0) is 31.0 Å². The average molecular weight is 286 g/mol. The number of hydrogen-bond acceptors (Lipinski definition) is 2. The summed E-state index contributed by atoms with van der Waals surface area (Å²) in [6, 6.07) is 3.39. The molecule has 1 amide bonds. The van der Waals surface area contributed by atoms with Gasteiger partial charge in [-0.3, -0.25) is 4.79 Å². The Morgan fingerprint density at radius 3 is 2.45 bits per heavy atom. The summed E-state index contributed by atoms with van der Waals surface area (Å²) in [5.41, 5.74) is 3.69. The van der Waals surface area contributed by atoms with Crippen LogP contribution in [0.2, 0.25) is 0 Å². The van der Waals surface area contributed by atoms with E-state index in [0.29, 0.717) is 12.8 Å². The van der Waals surface area contributed by atoms with Crippen molar-refractivity contribution < 1.29 is 18.0 Å². The third kappa shape index (κ3) is 2.89. The maximum atomic E-state index is 12.9. The number of hydrogen-bond donors (Lipinski definition) is 2. The summed E-state index contributed by atoms with van der Waals surface area (Å²) in [4.78, 5) is 12.2. The summed E-state index contributed by atoms with van der Waals surface area (Å²) < 4.78 is 38.8. The minimum Gasteiger partial charge on any atom is -0.399 e. The van der Waals surface area contributed by atoms with Gasteiger partial charge in [0, 0.05) is 11.1 Å². The first-order valence-electron chi connectivity index (χ1n) is 6.50. The molecule has 1 aromatic rings. The summed E-state index contributed by atoms with van der Waals surface area (Å²) >= 11 is 0. The molecule has 0 unspecified atom stereocenters. The summed E-state index contributed by atoms with van der Waals surface area (Å²) in [7, 11) is 0. The van der Waals surface area contributed by atoms with Crippen LogP contribution in [0, 0.1) is 5.41 Å². The van der Waals surface area contributed by atoms with Gasteiger partial charge in [0.2, 0.25) is 5.91 Å². The van der Waals surface area contributed by atoms with Crippen molar-refractivity contribution in [3.63, 3.8) is 0 Å². The smallest absolute Gasteiger partial charge is 0.399 e. The quantitative estimate of drug-likeness (QED) is 0.812. The van der Waals surface area contributed by atoms with Gasteiger partial charge >= 0.3 is 6.18 Å². The molecule has 0 heterocycles. The van der Waals surface area contributed by atoms with Crippen LogP contribution in [0.15, 0.2) is 18.2 Å². The van der Waals surface area contributed by atoms with Gasteiger partial charge < -0.3 is 11.1 Å². The molecule has 1 aromatic carbocycles. The lowest BCUT2D eigenvalue weighted by atomic mass is 9.87. The number of benzene rings is 1. The summed E-state index contributed by atoms with van der Waals surface area (Å²) in [5, 5.41) is 2.41. The van der Waals surface area contributed by atoms with Gasteiger partial charge in [0.25, 0.3) is 0 Å². The molecule has 3 N–H and O–H groups in total. The third-order valence-corrected chi connectivity index (χ3v) is 3.85. The summed E-state index contributed by atoms with van der Waals surface area (Å²) in [6.07, 6.45) is -1.28. The highest BCUT2D eigenvalue weighted by Crippen LogP contribution is 2.40. The molecule has 0 atom stereocenters. The van der Waals surface area contributed by atoms with Gasteiger partial charge in [-0.2, -0.15) is 13.2 Å². The predicted octanol–water partition coefficient (Wildman–Crippen LogP) is 3.81. The number of carbonyl (C=O) groups excluding carboxylic acids is 1. The molecule has 0 aromatic heterocycles. The Hall–Kier alpha value is -1.72. The number of nitrogens with two attached hydrogens (primary N) is 1. The fourth-order valence-corrected chi connectivity index (χ4v) is 2.56. The zero-order valence-electron chi connectivity index (χ0n) is 11.2. The first-order chi connectivity index (χ1) is 9.22. The molecule has 20 heavy (non-hydrogen) atoms. The van der Waals surface area contributed by atoms with Crippen LogP contribution in [0.3, 0.4) is 0 Å². The first-order valence-corrected chi connectivity index (χ1v) is 6.50. The second-order valence-corrected chi connectivity index (χ2v) is 5.52. The number of anilines is 2. The zero-order chi connectivity index (χ0) is 15.0. The molecule has 0 bridgehead atoms. The van der Waals surface area contributed by atoms with E-state index in [1.54, 1.807) is 6.92 Å². The minimum atomic E-state index is -4.55. The van der Waals surface area contributed by atoms with Crippen molar-refractivity contribution >= 4 is 17.3 Å². The van der Waals surface area contributed by atoms with E-state index in [9.17, 15) is 18.0 Å². The Morgan fingerprint density at radius 1 is 1.30 bits per heavy atom. The van der Waals surface area contributed by atoms with Crippen molar-refractivity contribution in [3.8, 4) is 0 Å². The largest absolute Gasteiger partial charge is 0.418 e. The molecule has 6 heteroatoms. The van der Waals surface area contributed by atoms with Gasteiger partial charge in [-0.1, -0.05) is 19.8 Å². The maximum absolute atomic E-state index is 12.9. The standard InChI is InChI=1S/C14H17F3N2O/c1-13(6-2-3-7-13)12(20)19-11-5-4-9(18)8-10(11)14(15,16)17/h4-5,8H,2-3,6-7,18H2,1H3,(H,19,20). The van der Waals surface area contributed by atoms with E-state index in [1.807, 2.05) is 0 Å². The van der Waals surface area contributed by atoms with E-state index in [0.717, 1.165) is 18.9 Å². The molecule has 1 aliphatic rings. The van der Waals surface area contributed by atoms with E-state index in [1.165, 1.54) is 12.1 Å². The van der Waals surface area contributed by atoms with E-state index in [-0.39, 0.29) is 17.3 Å². The molecular weight excluding hydrogens is 269 g/mol. The summed E-state index contributed by atoms with van der Waals surface area (Å²) in [6.45, 7) is 1.79. The Bertz CT molecular complexity index is 520. The van der Waals surface area contributed by atoms with Crippen molar-refractivity contribution in [1.82, 2.24) is 0 Å². The van der Waals surface area contributed by atoms with E-state index in [2.05, 4.69) is 5.32 Å². The molecule has 2 rings (SSSR count). The Kier molecular flexibility index (Phi) is 3.67. The molecule has 0 spiro atoms. The van der Waals surface area contributed by atoms with Crippen LogP contribution in [-0.4, -0.2) is 5.91 Å². The highest BCUT2D eigenvalue weighted by Gasteiger charge is 2.38. The lowest BCUT2D eigenvalue weighted by Crippen LogP contribution is -2.31. The van der Waals surface area contributed by atoms with E-state index < -0.39 is 17.2 Å². The molecule has 1 fully saturated rings. The fraction of sp³-hybridized carbons (Fsp3) is 0.500. The molecular formula is C14H17F3N2O. The number of rotatable bonds is 2. The second-order valence-electron chi connectivity index (χ2n) is 5.52. The van der Waals surface area contributed by atoms with Gasteiger partial charge in [0.05, 0.1) is 11.3 Å². The molecule has 0 aliphatic heterocycles. The second kappa shape index (κ2) is 5.00. The van der Waals surface area contributed by atoms with Crippen LogP contribution < -0.4 is 11.1 Å². The highest BCUT2D eigenvalue weighted by atomic mass is 19.4. The predicted molar refractivity (Wildman–Crippen MR) is 71.1 cm³/mol. The molecule has 0 radical (unpaired) electrons. The molecule has 3 nitrogen and oxygen atoms in total. The number of amides is 1. The zero-order valence-corrected chi connectivity index (χ0v) is 11.2. The van der Waals surface area contributed by atoms with Crippen molar-refractivity contribution in [2.24, 2.45) is 5.41 Å². The van der Waals surface area contributed by atoms with Gasteiger partial charge in [-0.25, -0.2) is 0 Å². The first kappa shape index (κ1) is 14.7. The number of halogens is 3. The van der Waals surface area contributed by atoms with Crippen molar-refractivity contribution in [2.75, 3.05) is 11.1 Å². The van der Waals surface area contributed by atoms with Crippen LogP contribution in [0.25, 0.3) is 0 Å². The Labute approximate surface area is 115 Å². The summed E-state index contributed by atoms with van der Waals surface area (Å²) in [5.74, 6) is -0.356. The van der Waals surface area contributed by atoms with Crippen LogP contribution in [0.5, 0.6) is 0 Å². The van der Waals surface area contributed by atoms with Gasteiger partial charge in [0.15, 0.2) is 0 Å². The Balaban J connectivity index is 2.27. The van der Waals surface area contributed by atoms with Crippen molar-refractivity contribution in [1.29, 1.82) is 0 Å². The van der Waals surface area contributed by atoms with E-state index in [4.69, 9.17) is 5.73 Å².